The minimum absolute atomic E-state index is 0.0531. The van der Waals surface area contributed by atoms with E-state index in [0.717, 1.165) is 0 Å². The zero-order chi connectivity index (χ0) is 25.7. The molecule has 0 spiro atoms. The largest absolute Gasteiger partial charge is 0.497 e. The predicted molar refractivity (Wildman–Crippen MR) is 133 cm³/mol. The number of carbonyl (C=O) groups excluding carboxylic acids is 2. The number of aliphatic hydroxyl groups excluding tert-OH is 1. The molecular weight excluding hydrogens is 462 g/mol. The first-order valence-electron chi connectivity index (χ1n) is 11.2. The minimum Gasteiger partial charge on any atom is -0.497 e. The third-order valence-corrected chi connectivity index (χ3v) is 5.42. The number of hydrogen-bond donors (Lipinski definition) is 2. The van der Waals surface area contributed by atoms with Crippen molar-refractivity contribution in [3.63, 3.8) is 0 Å². The van der Waals surface area contributed by atoms with Gasteiger partial charge in [-0.3, -0.25) is 9.78 Å². The van der Waals surface area contributed by atoms with Crippen molar-refractivity contribution in [2.75, 3.05) is 19.0 Å². The number of rotatable bonds is 7. The average Bonchev–Trinajstić information content (AvgIpc) is 2.90. The van der Waals surface area contributed by atoms with Crippen LogP contribution in [0.3, 0.4) is 0 Å². The molecule has 0 aliphatic heterocycles. The second kappa shape index (κ2) is 10.8. The van der Waals surface area contributed by atoms with Crippen LogP contribution >= 0.6 is 0 Å². The quantitative estimate of drug-likeness (QED) is 0.373. The van der Waals surface area contributed by atoms with Gasteiger partial charge in [-0.2, -0.15) is 0 Å². The van der Waals surface area contributed by atoms with E-state index in [1.807, 2.05) is 0 Å². The molecule has 184 valence electrons. The Labute approximate surface area is 207 Å². The fourth-order valence-electron chi connectivity index (χ4n) is 3.54. The number of hydrogen-bond acceptors (Lipinski definition) is 8. The van der Waals surface area contributed by atoms with Gasteiger partial charge in [-0.05, 0) is 68.4 Å². The first kappa shape index (κ1) is 24.6. The van der Waals surface area contributed by atoms with Crippen LogP contribution in [0.1, 0.15) is 38.9 Å². The van der Waals surface area contributed by atoms with Crippen LogP contribution < -0.4 is 15.6 Å². The number of nitrogens with zero attached hydrogens (tertiary/aromatic N) is 2. The van der Waals surface area contributed by atoms with E-state index in [-0.39, 0.29) is 24.3 Å². The van der Waals surface area contributed by atoms with E-state index in [2.05, 4.69) is 15.3 Å². The Morgan fingerprint density at radius 1 is 1.11 bits per heavy atom. The molecule has 0 aliphatic rings. The summed E-state index contributed by atoms with van der Waals surface area (Å²) in [6.45, 7) is 3.50. The molecule has 0 saturated carbocycles. The van der Waals surface area contributed by atoms with Gasteiger partial charge in [0, 0.05) is 22.8 Å². The number of esters is 1. The van der Waals surface area contributed by atoms with E-state index in [0.29, 0.717) is 44.9 Å². The molecule has 0 saturated heterocycles. The van der Waals surface area contributed by atoms with Crippen LogP contribution in [0.4, 0.5) is 11.4 Å². The number of methoxy groups -OCH3 is 1. The highest BCUT2D eigenvalue weighted by molar-refractivity contribution is 6.05. The van der Waals surface area contributed by atoms with Crippen molar-refractivity contribution < 1.29 is 28.6 Å². The average molecular weight is 488 g/mol. The lowest BCUT2D eigenvalue weighted by Crippen LogP contribution is -2.22. The lowest BCUT2D eigenvalue weighted by atomic mass is 10.1. The van der Waals surface area contributed by atoms with Crippen LogP contribution in [0.15, 0.2) is 70.2 Å². The number of benzene rings is 2. The first-order valence-corrected chi connectivity index (χ1v) is 11.2. The number of aryl methyl sites for hydroxylation is 1. The summed E-state index contributed by atoms with van der Waals surface area (Å²) < 4.78 is 16.2. The maximum atomic E-state index is 13.3. The maximum absolute atomic E-state index is 13.3. The SMILES string of the molecule is CCOC(=O)c1ccc(N=c2oc3c(C)ncc(CO)c3cc2C(=O)Nc2ccc(OC)cc2)cc1. The van der Waals surface area contributed by atoms with Crippen molar-refractivity contribution >= 4 is 34.2 Å². The topological polar surface area (TPSA) is 123 Å². The number of nitrogens with one attached hydrogen (secondary N) is 1. The van der Waals surface area contributed by atoms with Crippen LogP contribution in [0, 0.1) is 6.92 Å². The molecule has 4 rings (SSSR count). The van der Waals surface area contributed by atoms with Gasteiger partial charge in [0.15, 0.2) is 5.58 Å². The number of aliphatic hydroxyl groups is 1. The molecule has 9 nitrogen and oxygen atoms in total. The molecule has 0 bridgehead atoms. The predicted octanol–water partition coefficient (Wildman–Crippen LogP) is 4.30. The van der Waals surface area contributed by atoms with Crippen molar-refractivity contribution in [2.45, 2.75) is 20.5 Å². The van der Waals surface area contributed by atoms with Crippen LogP contribution in [-0.2, 0) is 11.3 Å². The molecule has 0 aliphatic carbocycles. The van der Waals surface area contributed by atoms with E-state index in [1.54, 1.807) is 81.8 Å². The fourth-order valence-corrected chi connectivity index (χ4v) is 3.54. The Morgan fingerprint density at radius 3 is 2.47 bits per heavy atom. The molecule has 2 aromatic carbocycles. The van der Waals surface area contributed by atoms with E-state index in [4.69, 9.17) is 13.9 Å². The van der Waals surface area contributed by atoms with Gasteiger partial charge in [-0.1, -0.05) is 0 Å². The molecule has 0 unspecified atom stereocenters. The van der Waals surface area contributed by atoms with Crippen molar-refractivity contribution in [1.29, 1.82) is 0 Å². The molecule has 2 heterocycles. The van der Waals surface area contributed by atoms with Crippen molar-refractivity contribution in [3.8, 4) is 5.75 Å². The van der Waals surface area contributed by atoms with E-state index < -0.39 is 11.9 Å². The number of aromatic nitrogens is 1. The Morgan fingerprint density at radius 2 is 1.83 bits per heavy atom. The summed E-state index contributed by atoms with van der Waals surface area (Å²) in [5.41, 5.74) is 3.13. The summed E-state index contributed by atoms with van der Waals surface area (Å²) in [7, 11) is 1.56. The zero-order valence-corrected chi connectivity index (χ0v) is 20.1. The first-order chi connectivity index (χ1) is 17.4. The number of anilines is 1. The molecule has 1 amide bonds. The molecule has 2 aromatic heterocycles. The van der Waals surface area contributed by atoms with Crippen LogP contribution in [0.25, 0.3) is 11.0 Å². The number of ether oxygens (including phenoxy) is 2. The van der Waals surface area contributed by atoms with Gasteiger partial charge in [-0.25, -0.2) is 9.79 Å². The second-order valence-electron chi connectivity index (χ2n) is 7.80. The van der Waals surface area contributed by atoms with Crippen molar-refractivity contribution in [3.05, 3.63) is 88.7 Å². The van der Waals surface area contributed by atoms with Crippen LogP contribution in [0.5, 0.6) is 5.75 Å². The fraction of sp³-hybridized carbons (Fsp3) is 0.185. The summed E-state index contributed by atoms with van der Waals surface area (Å²) >= 11 is 0. The Hall–Kier alpha value is -4.50. The van der Waals surface area contributed by atoms with Gasteiger partial charge in [-0.15, -0.1) is 0 Å². The number of amides is 1. The van der Waals surface area contributed by atoms with Gasteiger partial charge in [0.1, 0.15) is 11.3 Å². The Kier molecular flexibility index (Phi) is 7.41. The Bertz CT molecular complexity index is 1470. The maximum Gasteiger partial charge on any atom is 0.338 e. The standard InChI is InChI=1S/C27H25N3O6/c1-4-35-27(33)17-5-7-20(8-6-17)30-26-23(25(32)29-19-9-11-21(34-3)12-10-19)13-22-18(15-31)14-28-16(2)24(22)36-26/h5-14,31H,4,15H2,1-3H3,(H,29,32). The number of pyridine rings is 1. The lowest BCUT2D eigenvalue weighted by Gasteiger charge is -2.10. The molecule has 9 heteroatoms. The highest BCUT2D eigenvalue weighted by Crippen LogP contribution is 2.23. The smallest absolute Gasteiger partial charge is 0.338 e. The molecule has 0 fully saturated rings. The van der Waals surface area contributed by atoms with E-state index in [9.17, 15) is 14.7 Å². The van der Waals surface area contributed by atoms with Gasteiger partial charge >= 0.3 is 5.97 Å². The minimum atomic E-state index is -0.453. The van der Waals surface area contributed by atoms with Crippen LogP contribution in [0.2, 0.25) is 0 Å². The normalized spacial score (nSPS) is 11.4. The number of fused-ring (bicyclic) bond motifs is 1. The summed E-state index contributed by atoms with van der Waals surface area (Å²) in [6, 6.07) is 15.0. The summed E-state index contributed by atoms with van der Waals surface area (Å²) in [5, 5.41) is 13.2. The molecular formula is C27H25N3O6. The third-order valence-electron chi connectivity index (χ3n) is 5.42. The summed E-state index contributed by atoms with van der Waals surface area (Å²) in [5.74, 6) is -0.227. The Balaban J connectivity index is 1.82. The van der Waals surface area contributed by atoms with E-state index >= 15 is 0 Å². The molecule has 0 atom stereocenters. The van der Waals surface area contributed by atoms with Gasteiger partial charge in [0.2, 0.25) is 5.55 Å². The van der Waals surface area contributed by atoms with Crippen LogP contribution in [-0.4, -0.2) is 35.7 Å². The molecule has 0 radical (unpaired) electrons. The summed E-state index contributed by atoms with van der Waals surface area (Å²) in [6.07, 6.45) is 1.54. The van der Waals surface area contributed by atoms with Gasteiger partial charge < -0.3 is 24.3 Å². The lowest BCUT2D eigenvalue weighted by molar-refractivity contribution is 0.0526. The van der Waals surface area contributed by atoms with Crippen molar-refractivity contribution in [1.82, 2.24) is 4.98 Å². The number of carbonyl (C=O) groups is 2. The van der Waals surface area contributed by atoms with Gasteiger partial charge in [0.05, 0.1) is 37.3 Å². The van der Waals surface area contributed by atoms with Crippen molar-refractivity contribution in [2.24, 2.45) is 4.99 Å². The molecule has 36 heavy (non-hydrogen) atoms. The third kappa shape index (κ3) is 5.26. The van der Waals surface area contributed by atoms with Gasteiger partial charge in [0.25, 0.3) is 5.91 Å². The van der Waals surface area contributed by atoms with E-state index in [1.165, 1.54) is 0 Å². The summed E-state index contributed by atoms with van der Waals surface area (Å²) in [4.78, 5) is 34.1. The second-order valence-corrected chi connectivity index (χ2v) is 7.80. The zero-order valence-electron chi connectivity index (χ0n) is 20.1. The molecule has 2 N–H and O–H groups in total. The molecule has 4 aromatic rings. The highest BCUT2D eigenvalue weighted by atomic mass is 16.5. The monoisotopic (exact) mass is 487 g/mol. The highest BCUT2D eigenvalue weighted by Gasteiger charge is 2.17.